The van der Waals surface area contributed by atoms with Gasteiger partial charge in [-0.15, -0.1) is 0 Å². The van der Waals surface area contributed by atoms with Crippen molar-refractivity contribution in [2.45, 2.75) is 12.8 Å². The molecule has 2 aromatic heterocycles. The Hall–Kier alpha value is -1.08. The number of nitrogens with zero attached hydrogens (tertiary/aromatic N) is 2. The molecule has 220 valence electrons. The van der Waals surface area contributed by atoms with Crippen molar-refractivity contribution < 1.29 is 46.7 Å². The SMILES string of the molecule is C[N+](C)(CCc1c[nH]c2ccccc12)COP(=O)([O-])[O-].C[N+](C)(CCc1c[nH]c2ccccc12)COP(=O)([O-])[O-].[Ca+2]. The normalized spacial score (nSPS) is 12.7. The third kappa shape index (κ3) is 12.6. The number of aromatic nitrogens is 2. The Morgan fingerprint density at radius 2 is 1.00 bits per heavy atom. The minimum atomic E-state index is -4.91. The molecular formula is C26H36CaN4O8P2. The maximum Gasteiger partial charge on any atom is 2.00 e. The number of hydrogen-bond acceptors (Lipinski definition) is 8. The first kappa shape index (κ1) is 36.1. The standard InChI is InChI=1S/2C13H19N2O4P.Ca/c2*1-15(2,10-19-20(16,17)18)8-7-11-9-14-13-6-4-3-5-12(11)13;/h2*3-6,9,14H,7-8,10H2,1-2H3,(H-,16,17,18);/q;;+2/p-2. The summed E-state index contributed by atoms with van der Waals surface area (Å²) in [6.45, 7) is 1.04. The number of benzene rings is 2. The molecule has 0 unspecified atom stereocenters. The van der Waals surface area contributed by atoms with Gasteiger partial charge in [0.2, 0.25) is 0 Å². The predicted octanol–water partition coefficient (Wildman–Crippen LogP) is 0.798. The van der Waals surface area contributed by atoms with Crippen LogP contribution in [0.2, 0.25) is 0 Å². The third-order valence-electron chi connectivity index (χ3n) is 6.45. The van der Waals surface area contributed by atoms with E-state index in [1.807, 2.05) is 89.1 Å². The molecule has 2 heterocycles. The maximum absolute atomic E-state index is 10.5. The molecule has 0 saturated heterocycles. The first-order valence-electron chi connectivity index (χ1n) is 12.6. The van der Waals surface area contributed by atoms with Gasteiger partial charge in [0, 0.05) is 47.0 Å². The Bertz CT molecular complexity index is 1380. The van der Waals surface area contributed by atoms with E-state index in [0.717, 1.165) is 34.6 Å². The number of fused-ring (bicyclic) bond motifs is 2. The molecule has 41 heavy (non-hydrogen) atoms. The van der Waals surface area contributed by atoms with E-state index in [-0.39, 0.29) is 51.2 Å². The molecule has 0 aliphatic heterocycles. The Morgan fingerprint density at radius 1 is 0.659 bits per heavy atom. The van der Waals surface area contributed by atoms with Crippen LogP contribution in [0.15, 0.2) is 60.9 Å². The van der Waals surface area contributed by atoms with Crippen LogP contribution in [0.3, 0.4) is 0 Å². The quantitative estimate of drug-likeness (QED) is 0.0995. The summed E-state index contributed by atoms with van der Waals surface area (Å²) in [6, 6.07) is 16.0. The van der Waals surface area contributed by atoms with Gasteiger partial charge in [0.25, 0.3) is 0 Å². The van der Waals surface area contributed by atoms with Gasteiger partial charge in [-0.25, -0.2) is 0 Å². The van der Waals surface area contributed by atoms with E-state index in [9.17, 15) is 28.7 Å². The van der Waals surface area contributed by atoms with Gasteiger partial charge in [0.15, 0.2) is 13.5 Å². The molecule has 4 rings (SSSR count). The average Bonchev–Trinajstić information content (AvgIpc) is 3.48. The van der Waals surface area contributed by atoms with Crippen LogP contribution < -0.4 is 19.6 Å². The second kappa shape index (κ2) is 15.1. The molecule has 0 spiro atoms. The van der Waals surface area contributed by atoms with Crippen LogP contribution in [-0.2, 0) is 31.0 Å². The van der Waals surface area contributed by atoms with Crippen molar-refractivity contribution in [1.82, 2.24) is 9.97 Å². The smallest absolute Gasteiger partial charge is 0.790 e. The van der Waals surface area contributed by atoms with Gasteiger partial charge in [0.1, 0.15) is 0 Å². The number of nitrogens with one attached hydrogen (secondary N) is 2. The van der Waals surface area contributed by atoms with Crippen molar-refractivity contribution in [2.75, 3.05) is 54.7 Å². The minimum absolute atomic E-state index is 0. The Labute approximate surface area is 269 Å². The fraction of sp³-hybridized carbons (Fsp3) is 0.385. The summed E-state index contributed by atoms with van der Waals surface area (Å²) >= 11 is 0. The molecule has 0 atom stereocenters. The number of aromatic amines is 2. The van der Waals surface area contributed by atoms with E-state index < -0.39 is 15.6 Å². The molecule has 12 nitrogen and oxygen atoms in total. The fourth-order valence-corrected chi connectivity index (χ4v) is 5.01. The number of para-hydroxylation sites is 2. The van der Waals surface area contributed by atoms with E-state index in [0.29, 0.717) is 22.1 Å². The average molecular weight is 635 g/mol. The molecule has 0 fully saturated rings. The monoisotopic (exact) mass is 634 g/mol. The van der Waals surface area contributed by atoms with E-state index in [4.69, 9.17) is 0 Å². The molecule has 15 heteroatoms. The Balaban J connectivity index is 0.000000280. The zero-order chi connectivity index (χ0) is 29.6. The summed E-state index contributed by atoms with van der Waals surface area (Å²) in [4.78, 5) is 48.5. The second-order valence-corrected chi connectivity index (χ2v) is 13.3. The van der Waals surface area contributed by atoms with Crippen molar-refractivity contribution in [3.05, 3.63) is 72.1 Å². The molecule has 0 aliphatic carbocycles. The Kier molecular flexibility index (Phi) is 13.3. The van der Waals surface area contributed by atoms with E-state index in [2.05, 4.69) is 19.0 Å². The van der Waals surface area contributed by atoms with Crippen LogP contribution in [0.25, 0.3) is 21.8 Å². The van der Waals surface area contributed by atoms with E-state index in [1.165, 1.54) is 11.1 Å². The number of rotatable bonds is 12. The maximum atomic E-state index is 10.5. The number of likely N-dealkylation sites (N-methyl/N-ethyl adjacent to an activating group) is 2. The summed E-state index contributed by atoms with van der Waals surface area (Å²) in [5.41, 5.74) is 4.49. The molecule has 2 aromatic carbocycles. The molecule has 0 amide bonds. The summed E-state index contributed by atoms with van der Waals surface area (Å²) in [7, 11) is -2.52. The van der Waals surface area contributed by atoms with Crippen LogP contribution in [0.4, 0.5) is 0 Å². The second-order valence-electron chi connectivity index (χ2n) is 10.9. The zero-order valence-electron chi connectivity index (χ0n) is 23.8. The number of phosphoric ester groups is 2. The van der Waals surface area contributed by atoms with Crippen molar-refractivity contribution in [1.29, 1.82) is 0 Å². The van der Waals surface area contributed by atoms with Gasteiger partial charge in [-0.3, -0.25) is 0 Å². The van der Waals surface area contributed by atoms with Crippen LogP contribution >= 0.6 is 15.6 Å². The van der Waals surface area contributed by atoms with Crippen molar-refractivity contribution in [3.8, 4) is 0 Å². The first-order chi connectivity index (χ1) is 18.5. The van der Waals surface area contributed by atoms with Crippen molar-refractivity contribution >= 4 is 75.2 Å². The zero-order valence-corrected chi connectivity index (χ0v) is 27.8. The number of hydrogen-bond donors (Lipinski definition) is 2. The van der Waals surface area contributed by atoms with Gasteiger partial charge in [0.05, 0.1) is 56.9 Å². The van der Waals surface area contributed by atoms with Gasteiger partial charge in [-0.1, -0.05) is 36.4 Å². The van der Waals surface area contributed by atoms with Crippen molar-refractivity contribution in [2.24, 2.45) is 0 Å². The summed E-state index contributed by atoms with van der Waals surface area (Å²) < 4.78 is 30.4. The van der Waals surface area contributed by atoms with Crippen LogP contribution in [0.5, 0.6) is 0 Å². The number of H-pyrrole nitrogens is 2. The summed E-state index contributed by atoms with van der Waals surface area (Å²) in [6.07, 6.45) is 5.44. The van der Waals surface area contributed by atoms with Gasteiger partial charge >= 0.3 is 37.7 Å². The minimum Gasteiger partial charge on any atom is -0.790 e. The number of quaternary nitrogens is 2. The number of phosphoric acid groups is 2. The summed E-state index contributed by atoms with van der Waals surface area (Å²) in [5, 5.41) is 2.32. The molecule has 0 saturated carbocycles. The van der Waals surface area contributed by atoms with E-state index in [1.54, 1.807) is 0 Å². The Morgan fingerprint density at radius 3 is 1.34 bits per heavy atom. The molecule has 0 bridgehead atoms. The largest absolute Gasteiger partial charge is 2.00 e. The molecule has 4 aromatic rings. The van der Waals surface area contributed by atoms with Crippen LogP contribution in [0.1, 0.15) is 11.1 Å². The van der Waals surface area contributed by atoms with Crippen LogP contribution in [0, 0.1) is 0 Å². The van der Waals surface area contributed by atoms with Gasteiger partial charge in [-0.2, -0.15) is 0 Å². The van der Waals surface area contributed by atoms with Crippen molar-refractivity contribution in [3.63, 3.8) is 0 Å². The van der Waals surface area contributed by atoms with Crippen LogP contribution in [-0.4, -0.2) is 111 Å². The summed E-state index contributed by atoms with van der Waals surface area (Å²) in [5.74, 6) is 0. The molecule has 2 N–H and O–H groups in total. The predicted molar refractivity (Wildman–Crippen MR) is 151 cm³/mol. The molecular weight excluding hydrogens is 598 g/mol. The van der Waals surface area contributed by atoms with Gasteiger partial charge in [-0.05, 0) is 23.3 Å². The topological polar surface area (TPSA) is 176 Å². The molecule has 0 aliphatic rings. The van der Waals surface area contributed by atoms with E-state index >= 15 is 0 Å². The van der Waals surface area contributed by atoms with Gasteiger partial charge < -0.3 is 56.7 Å². The fourth-order valence-electron chi connectivity index (χ4n) is 4.11. The molecule has 0 radical (unpaired) electrons. The third-order valence-corrected chi connectivity index (χ3v) is 7.32. The first-order valence-corrected chi connectivity index (χ1v) is 15.5.